The lowest BCUT2D eigenvalue weighted by molar-refractivity contribution is -0.141. The first-order valence-electron chi connectivity index (χ1n) is 8.93. The van der Waals surface area contributed by atoms with Crippen LogP contribution in [0.2, 0.25) is 0 Å². The SMILES string of the molecule is O=C1C(=O)N(CCN2CCOCC2)C(c2ccco2)C1C(=O)c1cccs1. The molecule has 0 saturated carbocycles. The molecule has 2 aliphatic heterocycles. The van der Waals surface area contributed by atoms with Gasteiger partial charge in [0.1, 0.15) is 17.7 Å². The van der Waals surface area contributed by atoms with Crippen LogP contribution in [0.25, 0.3) is 0 Å². The third kappa shape index (κ3) is 3.47. The summed E-state index contributed by atoms with van der Waals surface area (Å²) in [5.74, 6) is -2.19. The van der Waals surface area contributed by atoms with Gasteiger partial charge >= 0.3 is 0 Å². The van der Waals surface area contributed by atoms with Gasteiger partial charge in [-0.3, -0.25) is 19.3 Å². The molecule has 2 fully saturated rings. The van der Waals surface area contributed by atoms with Crippen LogP contribution in [0.15, 0.2) is 40.3 Å². The van der Waals surface area contributed by atoms with Crippen molar-refractivity contribution in [1.82, 2.24) is 9.80 Å². The summed E-state index contributed by atoms with van der Waals surface area (Å²) in [6, 6.07) is 6.16. The van der Waals surface area contributed by atoms with Crippen molar-refractivity contribution in [3.63, 3.8) is 0 Å². The number of ketones is 2. The smallest absolute Gasteiger partial charge is 0.291 e. The number of nitrogens with zero attached hydrogens (tertiary/aromatic N) is 2. The van der Waals surface area contributed by atoms with Crippen LogP contribution in [0.3, 0.4) is 0 Å². The third-order valence-electron chi connectivity index (χ3n) is 5.05. The highest BCUT2D eigenvalue weighted by Crippen LogP contribution is 2.38. The van der Waals surface area contributed by atoms with Crippen LogP contribution >= 0.6 is 11.3 Å². The number of morpholine rings is 1. The predicted molar refractivity (Wildman–Crippen MR) is 97.6 cm³/mol. The highest BCUT2D eigenvalue weighted by Gasteiger charge is 2.52. The molecular weight excluding hydrogens is 368 g/mol. The number of rotatable bonds is 6. The van der Waals surface area contributed by atoms with E-state index >= 15 is 0 Å². The number of carbonyl (C=O) groups is 3. The van der Waals surface area contributed by atoms with E-state index in [0.29, 0.717) is 36.9 Å². The van der Waals surface area contributed by atoms with Crippen molar-refractivity contribution in [3.05, 3.63) is 46.5 Å². The van der Waals surface area contributed by atoms with Crippen molar-refractivity contribution >= 4 is 28.8 Å². The Kier molecular flexibility index (Phi) is 5.20. The number of thiophene rings is 1. The summed E-state index contributed by atoms with van der Waals surface area (Å²) in [6.07, 6.45) is 1.50. The molecule has 0 radical (unpaired) electrons. The van der Waals surface area contributed by atoms with Crippen molar-refractivity contribution < 1.29 is 23.5 Å². The van der Waals surface area contributed by atoms with Gasteiger partial charge in [-0.25, -0.2) is 0 Å². The number of amides is 1. The second-order valence-electron chi connectivity index (χ2n) is 6.60. The van der Waals surface area contributed by atoms with Crippen molar-refractivity contribution in [3.8, 4) is 0 Å². The number of hydrogen-bond acceptors (Lipinski definition) is 7. The van der Waals surface area contributed by atoms with Gasteiger partial charge in [0.05, 0.1) is 24.4 Å². The highest BCUT2D eigenvalue weighted by atomic mass is 32.1. The summed E-state index contributed by atoms with van der Waals surface area (Å²) >= 11 is 1.27. The minimum absolute atomic E-state index is 0.321. The van der Waals surface area contributed by atoms with E-state index in [-0.39, 0.29) is 5.78 Å². The van der Waals surface area contributed by atoms with Crippen molar-refractivity contribution in [2.45, 2.75) is 6.04 Å². The first kappa shape index (κ1) is 18.1. The van der Waals surface area contributed by atoms with Gasteiger partial charge in [0.2, 0.25) is 5.78 Å². The average molecular weight is 388 g/mol. The molecule has 2 unspecified atom stereocenters. The highest BCUT2D eigenvalue weighted by molar-refractivity contribution is 7.12. The molecule has 4 rings (SSSR count). The van der Waals surface area contributed by atoms with E-state index in [2.05, 4.69) is 4.90 Å². The number of carbonyl (C=O) groups excluding carboxylic acids is 3. The molecule has 1 amide bonds. The molecule has 0 bridgehead atoms. The molecule has 0 aromatic carbocycles. The van der Waals surface area contributed by atoms with Crippen LogP contribution in [0.5, 0.6) is 0 Å². The molecule has 0 N–H and O–H groups in total. The topological polar surface area (TPSA) is 80.1 Å². The number of hydrogen-bond donors (Lipinski definition) is 0. The summed E-state index contributed by atoms with van der Waals surface area (Å²) in [7, 11) is 0. The monoisotopic (exact) mass is 388 g/mol. The van der Waals surface area contributed by atoms with Crippen LogP contribution in [-0.4, -0.2) is 66.7 Å². The van der Waals surface area contributed by atoms with Gasteiger partial charge in [-0.2, -0.15) is 0 Å². The molecule has 2 aromatic heterocycles. The number of ether oxygens (including phenoxy) is 1. The zero-order valence-corrected chi connectivity index (χ0v) is 15.5. The molecule has 2 saturated heterocycles. The fourth-order valence-corrected chi connectivity index (χ4v) is 4.35. The third-order valence-corrected chi connectivity index (χ3v) is 5.93. The largest absolute Gasteiger partial charge is 0.467 e. The van der Waals surface area contributed by atoms with E-state index in [0.717, 1.165) is 13.1 Å². The van der Waals surface area contributed by atoms with E-state index < -0.39 is 23.7 Å². The molecular formula is C19H20N2O5S. The van der Waals surface area contributed by atoms with Crippen LogP contribution in [-0.2, 0) is 14.3 Å². The van der Waals surface area contributed by atoms with Gasteiger partial charge in [-0.05, 0) is 23.6 Å². The molecule has 7 nitrogen and oxygen atoms in total. The Balaban J connectivity index is 1.60. The van der Waals surface area contributed by atoms with Crippen molar-refractivity contribution in [2.75, 3.05) is 39.4 Å². The van der Waals surface area contributed by atoms with E-state index in [9.17, 15) is 14.4 Å². The van der Waals surface area contributed by atoms with Crippen LogP contribution in [0.4, 0.5) is 0 Å². The Hall–Kier alpha value is -2.29. The Morgan fingerprint density at radius 3 is 2.63 bits per heavy atom. The molecule has 27 heavy (non-hydrogen) atoms. The van der Waals surface area contributed by atoms with Crippen LogP contribution in [0.1, 0.15) is 21.5 Å². The van der Waals surface area contributed by atoms with Crippen molar-refractivity contribution in [2.24, 2.45) is 5.92 Å². The van der Waals surface area contributed by atoms with Gasteiger partial charge in [0.15, 0.2) is 5.78 Å². The van der Waals surface area contributed by atoms with E-state index in [4.69, 9.17) is 9.15 Å². The standard InChI is InChI=1S/C19H20N2O5S/c22-17(14-4-2-12-27-14)15-16(13-3-1-9-26-13)21(19(24)18(15)23)6-5-20-7-10-25-11-8-20/h1-4,9,12,15-16H,5-8,10-11H2. The normalized spacial score (nSPS) is 23.9. The van der Waals surface area contributed by atoms with Gasteiger partial charge in [0.25, 0.3) is 5.91 Å². The lowest BCUT2D eigenvalue weighted by Gasteiger charge is -2.30. The molecule has 2 aliphatic rings. The van der Waals surface area contributed by atoms with E-state index in [1.807, 2.05) is 0 Å². The minimum Gasteiger partial charge on any atom is -0.467 e. The maximum atomic E-state index is 13.0. The van der Waals surface area contributed by atoms with E-state index in [1.165, 1.54) is 22.5 Å². The van der Waals surface area contributed by atoms with E-state index in [1.54, 1.807) is 29.6 Å². The quantitative estimate of drug-likeness (QED) is 0.425. The maximum Gasteiger partial charge on any atom is 0.291 e. The molecule has 8 heteroatoms. The van der Waals surface area contributed by atoms with Crippen LogP contribution in [0, 0.1) is 5.92 Å². The molecule has 2 aromatic rings. The van der Waals surface area contributed by atoms with Crippen LogP contribution < -0.4 is 0 Å². The second-order valence-corrected chi connectivity index (χ2v) is 7.54. The fraction of sp³-hybridized carbons (Fsp3) is 0.421. The summed E-state index contributed by atoms with van der Waals surface area (Å²) in [6.45, 7) is 3.89. The molecule has 142 valence electrons. The number of likely N-dealkylation sites (tertiary alicyclic amines) is 1. The van der Waals surface area contributed by atoms with Crippen molar-refractivity contribution in [1.29, 1.82) is 0 Å². The average Bonchev–Trinajstić information content (AvgIpc) is 3.43. The van der Waals surface area contributed by atoms with Gasteiger partial charge in [-0.15, -0.1) is 11.3 Å². The second kappa shape index (κ2) is 7.75. The fourth-order valence-electron chi connectivity index (χ4n) is 3.65. The molecule has 4 heterocycles. The summed E-state index contributed by atoms with van der Waals surface area (Å²) in [4.78, 5) is 42.6. The number of Topliss-reactive ketones (excluding diaryl/α,β-unsaturated/α-hetero) is 2. The maximum absolute atomic E-state index is 13.0. The zero-order chi connectivity index (χ0) is 18.8. The molecule has 0 spiro atoms. The molecule has 0 aliphatic carbocycles. The Bertz CT molecular complexity index is 811. The summed E-state index contributed by atoms with van der Waals surface area (Å²) in [5, 5.41) is 1.78. The predicted octanol–water partition coefficient (Wildman–Crippen LogP) is 1.62. The first-order chi connectivity index (χ1) is 13.2. The van der Waals surface area contributed by atoms with Gasteiger partial charge in [-0.1, -0.05) is 6.07 Å². The summed E-state index contributed by atoms with van der Waals surface area (Å²) in [5.41, 5.74) is 0. The van der Waals surface area contributed by atoms with Gasteiger partial charge < -0.3 is 14.1 Å². The zero-order valence-electron chi connectivity index (χ0n) is 14.7. The lowest BCUT2D eigenvalue weighted by Crippen LogP contribution is -2.42. The Morgan fingerprint density at radius 2 is 1.96 bits per heavy atom. The van der Waals surface area contributed by atoms with Gasteiger partial charge in [0, 0.05) is 26.2 Å². The molecule has 2 atom stereocenters. The minimum atomic E-state index is -1.06. The lowest BCUT2D eigenvalue weighted by atomic mass is 9.91. The summed E-state index contributed by atoms with van der Waals surface area (Å²) < 4.78 is 10.9. The number of furan rings is 1. The Labute approximate surface area is 160 Å². The Morgan fingerprint density at radius 1 is 1.15 bits per heavy atom. The first-order valence-corrected chi connectivity index (χ1v) is 9.81.